The number of aliphatic hydroxyl groups is 2. The molecular weight excluding hydrogens is 709 g/mol. The van der Waals surface area contributed by atoms with Gasteiger partial charge in [0.15, 0.2) is 28.0 Å². The quantitative estimate of drug-likeness (QED) is 0.121. The van der Waals surface area contributed by atoms with Crippen LogP contribution in [0.3, 0.4) is 0 Å². The standard InChI is InChI=1S/C41H64O10Si2/c1-12-52(13-2,14-3)50-29-24-41(46)36(48-37(45)28-21-19-18-20-22-28)34-39(11,35(44)33(43)32(26(29)7)38(41,9)10)30(51-53(15-4,16-5)17-6)23-31-40(34,25-47-31)49-27(8)42/h18-22,29-31,33-34,36,43,46H,12-17,23-25H2,1-11H3/t29-,30-,31+,33+,34?,36-,39+,40-,41+/m0/s1. The molecule has 2 N–H and O–H groups in total. The molecule has 1 aromatic rings. The Labute approximate surface area is 318 Å². The lowest BCUT2D eigenvalue weighted by Gasteiger charge is -2.68. The normalized spacial score (nSPS) is 35.3. The molecule has 1 aliphatic heterocycles. The van der Waals surface area contributed by atoms with Gasteiger partial charge in [-0.3, -0.25) is 9.59 Å². The highest BCUT2D eigenvalue weighted by Gasteiger charge is 2.78. The maximum atomic E-state index is 15.6. The van der Waals surface area contributed by atoms with Gasteiger partial charge in [0.1, 0.15) is 23.9 Å². The van der Waals surface area contributed by atoms with Crippen molar-refractivity contribution in [1.82, 2.24) is 0 Å². The number of esters is 2. The third kappa shape index (κ3) is 6.45. The van der Waals surface area contributed by atoms with Crippen LogP contribution < -0.4 is 0 Å². The lowest BCUT2D eigenvalue weighted by Crippen LogP contribution is -2.82. The Morgan fingerprint density at radius 3 is 1.94 bits per heavy atom. The Balaban J connectivity index is 1.86. The van der Waals surface area contributed by atoms with Gasteiger partial charge in [0.2, 0.25) is 0 Å². The Hall–Kier alpha value is -2.20. The molecule has 3 fully saturated rings. The SMILES string of the molecule is CC[Si](CC)(CC)O[C@H]1C[C@@]2(O)[C@@H](OC(=O)c3ccccc3)C3[C@](C)(C(=O)[C@H](O)C(=C1C)C2(C)C)[C@@H](O[Si](CC)(CC)CC)C[C@H]1OC[C@@]31OC(C)=O. The van der Waals surface area contributed by atoms with Crippen molar-refractivity contribution in [2.24, 2.45) is 16.7 Å². The monoisotopic (exact) mass is 772 g/mol. The van der Waals surface area contributed by atoms with Crippen LogP contribution in [-0.4, -0.2) is 92.9 Å². The van der Waals surface area contributed by atoms with Crippen LogP contribution in [0.25, 0.3) is 0 Å². The first-order valence-electron chi connectivity index (χ1n) is 19.9. The van der Waals surface area contributed by atoms with Gasteiger partial charge < -0.3 is 33.3 Å². The van der Waals surface area contributed by atoms with Crippen LogP contribution in [0.5, 0.6) is 0 Å². The predicted molar refractivity (Wildman–Crippen MR) is 207 cm³/mol. The Kier molecular flexibility index (Phi) is 11.9. The Morgan fingerprint density at radius 1 is 0.906 bits per heavy atom. The number of hydrogen-bond acceptors (Lipinski definition) is 10. The van der Waals surface area contributed by atoms with Crippen LogP contribution in [0.1, 0.15) is 99.4 Å². The van der Waals surface area contributed by atoms with E-state index in [4.69, 9.17) is 23.1 Å². The highest BCUT2D eigenvalue weighted by Crippen LogP contribution is 2.65. The van der Waals surface area contributed by atoms with Crippen LogP contribution in [0.15, 0.2) is 41.5 Å². The first kappa shape index (κ1) is 42.0. The van der Waals surface area contributed by atoms with E-state index >= 15 is 4.79 Å². The molecule has 2 bridgehead atoms. The van der Waals surface area contributed by atoms with E-state index in [1.165, 1.54) is 6.92 Å². The summed E-state index contributed by atoms with van der Waals surface area (Å²) in [5, 5.41) is 26.4. The fourth-order valence-electron chi connectivity index (χ4n) is 10.5. The first-order chi connectivity index (χ1) is 24.9. The molecule has 4 aliphatic rings. The van der Waals surface area contributed by atoms with Gasteiger partial charge in [-0.25, -0.2) is 4.79 Å². The molecule has 1 saturated heterocycles. The van der Waals surface area contributed by atoms with E-state index in [-0.39, 0.29) is 25.0 Å². The molecule has 1 aromatic carbocycles. The zero-order valence-corrected chi connectivity index (χ0v) is 35.9. The molecule has 296 valence electrons. The Morgan fingerprint density at radius 2 is 1.45 bits per heavy atom. The van der Waals surface area contributed by atoms with Gasteiger partial charge in [0.05, 0.1) is 35.7 Å². The molecule has 0 aromatic heterocycles. The van der Waals surface area contributed by atoms with Crippen LogP contribution in [0, 0.1) is 16.7 Å². The lowest BCUT2D eigenvalue weighted by atomic mass is 9.44. The van der Waals surface area contributed by atoms with Crippen LogP contribution in [-0.2, 0) is 32.7 Å². The van der Waals surface area contributed by atoms with Crippen LogP contribution in [0.2, 0.25) is 36.3 Å². The van der Waals surface area contributed by atoms with E-state index in [2.05, 4.69) is 41.5 Å². The third-order valence-electron chi connectivity index (χ3n) is 14.5. The number of ketones is 1. The number of aliphatic hydroxyl groups excluding tert-OH is 1. The summed E-state index contributed by atoms with van der Waals surface area (Å²) in [6, 6.07) is 13.5. The molecule has 9 atom stereocenters. The molecule has 12 heteroatoms. The van der Waals surface area contributed by atoms with Crippen molar-refractivity contribution < 1.29 is 47.7 Å². The molecule has 5 rings (SSSR count). The summed E-state index contributed by atoms with van der Waals surface area (Å²) in [7, 11) is -4.76. The van der Waals surface area contributed by atoms with Gasteiger partial charge in [0, 0.05) is 25.2 Å². The van der Waals surface area contributed by atoms with Gasteiger partial charge >= 0.3 is 11.9 Å². The number of Topliss-reactive ketones (excluding diaryl/α,β-unsaturated/α-hetero) is 1. The van der Waals surface area contributed by atoms with Crippen molar-refractivity contribution in [2.75, 3.05) is 6.61 Å². The molecule has 1 unspecified atom stereocenters. The first-order valence-corrected chi connectivity index (χ1v) is 25.0. The highest BCUT2D eigenvalue weighted by atomic mass is 28.4. The smallest absolute Gasteiger partial charge is 0.338 e. The number of fused-ring (bicyclic) bond motifs is 5. The van der Waals surface area contributed by atoms with Crippen molar-refractivity contribution in [2.45, 2.75) is 167 Å². The second-order valence-electron chi connectivity index (χ2n) is 16.9. The van der Waals surface area contributed by atoms with Crippen molar-refractivity contribution >= 4 is 34.4 Å². The lowest BCUT2D eigenvalue weighted by molar-refractivity contribution is -0.344. The summed E-state index contributed by atoms with van der Waals surface area (Å²) in [4.78, 5) is 43.1. The van der Waals surface area contributed by atoms with E-state index in [0.717, 1.165) is 41.8 Å². The van der Waals surface area contributed by atoms with E-state index in [1.54, 1.807) is 37.3 Å². The average Bonchev–Trinajstić information content (AvgIpc) is 3.13. The average molecular weight is 773 g/mol. The van der Waals surface area contributed by atoms with Crippen LogP contribution in [0.4, 0.5) is 0 Å². The fourth-order valence-corrected chi connectivity index (χ4v) is 16.3. The molecular formula is C41H64O10Si2. The number of rotatable bonds is 13. The third-order valence-corrected chi connectivity index (χ3v) is 23.8. The highest BCUT2D eigenvalue weighted by molar-refractivity contribution is 6.74. The number of carbonyl (C=O) groups excluding carboxylic acids is 3. The number of benzene rings is 1. The second kappa shape index (κ2) is 15.0. The molecule has 0 radical (unpaired) electrons. The van der Waals surface area contributed by atoms with Gasteiger partial charge in [-0.2, -0.15) is 0 Å². The summed E-state index contributed by atoms with van der Waals surface area (Å²) >= 11 is 0. The zero-order valence-electron chi connectivity index (χ0n) is 33.9. The zero-order chi connectivity index (χ0) is 39.4. The predicted octanol–water partition coefficient (Wildman–Crippen LogP) is 7.14. The maximum Gasteiger partial charge on any atom is 0.338 e. The largest absolute Gasteiger partial charge is 0.455 e. The summed E-state index contributed by atoms with van der Waals surface area (Å²) in [5.41, 5.74) is -4.90. The van der Waals surface area contributed by atoms with Crippen LogP contribution >= 0.6 is 0 Å². The summed E-state index contributed by atoms with van der Waals surface area (Å²) in [6.07, 6.45) is -4.93. The van der Waals surface area contributed by atoms with Gasteiger partial charge in [-0.1, -0.05) is 73.6 Å². The van der Waals surface area contributed by atoms with Crippen molar-refractivity contribution in [3.05, 3.63) is 47.0 Å². The molecule has 3 aliphatic carbocycles. The fraction of sp³-hybridized carbons (Fsp3) is 0.732. The summed E-state index contributed by atoms with van der Waals surface area (Å²) in [5.74, 6) is -2.93. The van der Waals surface area contributed by atoms with E-state index < -0.39 is 92.8 Å². The molecule has 0 amide bonds. The number of hydrogen-bond donors (Lipinski definition) is 2. The minimum atomic E-state index is -2.43. The summed E-state index contributed by atoms with van der Waals surface area (Å²) < 4.78 is 33.6. The molecule has 0 spiro atoms. The minimum Gasteiger partial charge on any atom is -0.455 e. The summed E-state index contributed by atoms with van der Waals surface area (Å²) in [6.45, 7) is 21.2. The van der Waals surface area contributed by atoms with Crippen molar-refractivity contribution in [3.63, 3.8) is 0 Å². The van der Waals surface area contributed by atoms with Gasteiger partial charge in [0.25, 0.3) is 0 Å². The topological polar surface area (TPSA) is 138 Å². The van der Waals surface area contributed by atoms with Gasteiger partial charge in [-0.05, 0) is 73.4 Å². The molecule has 2 saturated carbocycles. The van der Waals surface area contributed by atoms with Crippen molar-refractivity contribution in [1.29, 1.82) is 0 Å². The number of carbonyl (C=O) groups is 3. The molecule has 1 heterocycles. The van der Waals surface area contributed by atoms with E-state index in [9.17, 15) is 19.8 Å². The second-order valence-corrected chi connectivity index (χ2v) is 26.3. The van der Waals surface area contributed by atoms with Gasteiger partial charge in [-0.15, -0.1) is 0 Å². The maximum absolute atomic E-state index is 15.6. The number of ether oxygens (including phenoxy) is 3. The van der Waals surface area contributed by atoms with E-state index in [0.29, 0.717) is 5.57 Å². The van der Waals surface area contributed by atoms with Crippen molar-refractivity contribution in [3.8, 4) is 0 Å². The molecule has 10 nitrogen and oxygen atoms in total. The van der Waals surface area contributed by atoms with E-state index in [1.807, 2.05) is 20.8 Å². The molecule has 53 heavy (non-hydrogen) atoms. The minimum absolute atomic E-state index is 0.0368. The Bertz CT molecular complexity index is 1550.